The van der Waals surface area contributed by atoms with E-state index in [4.69, 9.17) is 16.3 Å². The third-order valence-corrected chi connectivity index (χ3v) is 4.90. The summed E-state index contributed by atoms with van der Waals surface area (Å²) in [5.74, 6) is -1.22. The molecule has 0 aliphatic heterocycles. The van der Waals surface area contributed by atoms with Crippen molar-refractivity contribution >= 4 is 23.5 Å². The summed E-state index contributed by atoms with van der Waals surface area (Å²) in [6.07, 6.45) is 5.71. The first kappa shape index (κ1) is 18.3. The number of amides is 1. The van der Waals surface area contributed by atoms with Gasteiger partial charge in [0.15, 0.2) is 6.04 Å². The number of aromatic nitrogens is 2. The molecule has 1 aromatic heterocycles. The summed E-state index contributed by atoms with van der Waals surface area (Å²) in [5, 5.41) is 16.7. The molecule has 3 rings (SSSR count). The maximum absolute atomic E-state index is 12.7. The van der Waals surface area contributed by atoms with E-state index in [-0.39, 0.29) is 11.1 Å². The lowest BCUT2D eigenvalue weighted by Gasteiger charge is -2.18. The van der Waals surface area contributed by atoms with E-state index in [9.17, 15) is 14.7 Å². The van der Waals surface area contributed by atoms with Crippen LogP contribution in [0.5, 0.6) is 5.75 Å². The van der Waals surface area contributed by atoms with Gasteiger partial charge >= 0.3 is 5.97 Å². The van der Waals surface area contributed by atoms with Gasteiger partial charge in [0, 0.05) is 6.20 Å². The molecular formula is C18H20ClN3O4. The van der Waals surface area contributed by atoms with Crippen LogP contribution in [0.3, 0.4) is 0 Å². The molecule has 1 saturated carbocycles. The lowest BCUT2D eigenvalue weighted by molar-refractivity contribution is -0.139. The van der Waals surface area contributed by atoms with Crippen molar-refractivity contribution in [1.29, 1.82) is 0 Å². The zero-order valence-electron chi connectivity index (χ0n) is 14.3. The van der Waals surface area contributed by atoms with Crippen molar-refractivity contribution in [3.05, 3.63) is 46.7 Å². The molecule has 0 saturated heterocycles. The van der Waals surface area contributed by atoms with E-state index in [0.717, 1.165) is 25.7 Å². The monoisotopic (exact) mass is 377 g/mol. The average Bonchev–Trinajstić information content (AvgIpc) is 3.29. The number of halogens is 1. The summed E-state index contributed by atoms with van der Waals surface area (Å²) in [5.41, 5.74) is 0.728. The van der Waals surface area contributed by atoms with Crippen LogP contribution in [0.25, 0.3) is 0 Å². The standard InChI is InChI=1S/C18H20ClN3O4/c1-26-15-7-6-11(10-13(15)19)16(18(24)25)21-17(23)14-8-9-20-22(14)12-4-2-3-5-12/h6-10,12,16H,2-5H2,1H3,(H,21,23)(H,24,25). The molecule has 138 valence electrons. The summed E-state index contributed by atoms with van der Waals surface area (Å²) in [6, 6.07) is 5.18. The predicted molar refractivity (Wildman–Crippen MR) is 95.6 cm³/mol. The number of carbonyl (C=O) groups is 2. The number of rotatable bonds is 6. The predicted octanol–water partition coefficient (Wildman–Crippen LogP) is 3.22. The number of methoxy groups -OCH3 is 1. The van der Waals surface area contributed by atoms with E-state index in [1.54, 1.807) is 29.1 Å². The topological polar surface area (TPSA) is 93.5 Å². The number of hydrogen-bond acceptors (Lipinski definition) is 4. The SMILES string of the molecule is COc1ccc(C(NC(=O)c2ccnn2C2CCCC2)C(=O)O)cc1Cl. The molecule has 2 aromatic rings. The van der Waals surface area contributed by atoms with Gasteiger partial charge in [0.1, 0.15) is 11.4 Å². The minimum Gasteiger partial charge on any atom is -0.495 e. The highest BCUT2D eigenvalue weighted by Gasteiger charge is 2.27. The quantitative estimate of drug-likeness (QED) is 0.806. The van der Waals surface area contributed by atoms with Crippen LogP contribution in [0.15, 0.2) is 30.5 Å². The van der Waals surface area contributed by atoms with E-state index in [2.05, 4.69) is 10.4 Å². The Morgan fingerprint density at radius 1 is 1.35 bits per heavy atom. The second-order valence-electron chi connectivity index (χ2n) is 6.24. The number of hydrogen-bond donors (Lipinski definition) is 2. The molecule has 1 heterocycles. The molecule has 2 N–H and O–H groups in total. The molecule has 0 bridgehead atoms. The zero-order valence-corrected chi connectivity index (χ0v) is 15.1. The molecule has 1 amide bonds. The number of nitrogens with zero attached hydrogens (tertiary/aromatic N) is 2. The fourth-order valence-electron chi connectivity index (χ4n) is 3.29. The molecule has 8 heteroatoms. The highest BCUT2D eigenvalue weighted by Crippen LogP contribution is 2.30. The van der Waals surface area contributed by atoms with Crippen molar-refractivity contribution in [2.75, 3.05) is 7.11 Å². The van der Waals surface area contributed by atoms with E-state index in [1.165, 1.54) is 13.2 Å². The highest BCUT2D eigenvalue weighted by molar-refractivity contribution is 6.32. The molecule has 26 heavy (non-hydrogen) atoms. The van der Waals surface area contributed by atoms with E-state index < -0.39 is 17.9 Å². The van der Waals surface area contributed by atoms with Crippen molar-refractivity contribution in [2.24, 2.45) is 0 Å². The van der Waals surface area contributed by atoms with Crippen molar-refractivity contribution in [2.45, 2.75) is 37.8 Å². The number of carboxylic acid groups (broad SMARTS) is 1. The summed E-state index contributed by atoms with van der Waals surface area (Å²) >= 11 is 6.08. The van der Waals surface area contributed by atoms with Crippen LogP contribution >= 0.6 is 11.6 Å². The van der Waals surface area contributed by atoms with Crippen molar-refractivity contribution in [3.63, 3.8) is 0 Å². The minimum absolute atomic E-state index is 0.185. The molecule has 7 nitrogen and oxygen atoms in total. The van der Waals surface area contributed by atoms with Crippen molar-refractivity contribution in [3.8, 4) is 5.75 Å². The van der Waals surface area contributed by atoms with Crippen LogP contribution in [0.4, 0.5) is 0 Å². The fourth-order valence-corrected chi connectivity index (χ4v) is 3.55. The van der Waals surface area contributed by atoms with Gasteiger partial charge in [0.05, 0.1) is 18.2 Å². The highest BCUT2D eigenvalue weighted by atomic mass is 35.5. The van der Waals surface area contributed by atoms with Crippen LogP contribution in [0, 0.1) is 0 Å². The maximum atomic E-state index is 12.7. The Hall–Kier alpha value is -2.54. The molecule has 1 fully saturated rings. The number of carbonyl (C=O) groups excluding carboxylic acids is 1. The molecule has 1 aliphatic carbocycles. The largest absolute Gasteiger partial charge is 0.495 e. The normalized spacial score (nSPS) is 15.6. The number of benzene rings is 1. The molecule has 0 radical (unpaired) electrons. The third kappa shape index (κ3) is 3.67. The second kappa shape index (κ2) is 7.78. The van der Waals surface area contributed by atoms with Gasteiger partial charge in [-0.15, -0.1) is 0 Å². The zero-order chi connectivity index (χ0) is 18.7. The summed E-state index contributed by atoms with van der Waals surface area (Å²) < 4.78 is 6.77. The molecule has 1 aromatic carbocycles. The van der Waals surface area contributed by atoms with E-state index >= 15 is 0 Å². The number of aliphatic carboxylic acids is 1. The molecule has 1 aliphatic rings. The number of nitrogens with one attached hydrogen (secondary N) is 1. The number of carboxylic acids is 1. The first-order chi connectivity index (χ1) is 12.5. The van der Waals surface area contributed by atoms with Crippen LogP contribution in [-0.2, 0) is 4.79 Å². The third-order valence-electron chi connectivity index (χ3n) is 4.61. The Kier molecular flexibility index (Phi) is 5.46. The van der Waals surface area contributed by atoms with Gasteiger partial charge in [-0.1, -0.05) is 30.5 Å². The molecule has 0 spiro atoms. The summed E-state index contributed by atoms with van der Waals surface area (Å²) in [4.78, 5) is 24.4. The molecular weight excluding hydrogens is 358 g/mol. The van der Waals surface area contributed by atoms with Crippen molar-refractivity contribution < 1.29 is 19.4 Å². The van der Waals surface area contributed by atoms with Gasteiger partial charge in [-0.3, -0.25) is 9.48 Å². The number of ether oxygens (including phenoxy) is 1. The Bertz CT molecular complexity index is 815. The van der Waals surface area contributed by atoms with Crippen LogP contribution in [-0.4, -0.2) is 33.9 Å². The first-order valence-corrected chi connectivity index (χ1v) is 8.79. The smallest absolute Gasteiger partial charge is 0.330 e. The van der Waals surface area contributed by atoms with Crippen molar-refractivity contribution in [1.82, 2.24) is 15.1 Å². The average molecular weight is 378 g/mol. The maximum Gasteiger partial charge on any atom is 0.330 e. The van der Waals surface area contributed by atoms with Gasteiger partial charge in [-0.05, 0) is 36.6 Å². The lowest BCUT2D eigenvalue weighted by Crippen LogP contribution is -2.35. The first-order valence-electron chi connectivity index (χ1n) is 8.42. The van der Waals surface area contributed by atoms with Gasteiger partial charge in [-0.2, -0.15) is 5.10 Å². The van der Waals surface area contributed by atoms with Gasteiger partial charge < -0.3 is 15.2 Å². The van der Waals surface area contributed by atoms with Gasteiger partial charge in [0.25, 0.3) is 5.91 Å². The lowest BCUT2D eigenvalue weighted by atomic mass is 10.1. The van der Waals surface area contributed by atoms with Crippen LogP contribution < -0.4 is 10.1 Å². The van der Waals surface area contributed by atoms with Gasteiger partial charge in [-0.25, -0.2) is 4.79 Å². The second-order valence-corrected chi connectivity index (χ2v) is 6.65. The van der Waals surface area contributed by atoms with E-state index in [0.29, 0.717) is 17.0 Å². The molecule has 1 atom stereocenters. The summed E-state index contributed by atoms with van der Waals surface area (Å²) in [7, 11) is 1.47. The summed E-state index contributed by atoms with van der Waals surface area (Å²) in [6.45, 7) is 0. The minimum atomic E-state index is -1.22. The van der Waals surface area contributed by atoms with E-state index in [1.807, 2.05) is 0 Å². The van der Waals surface area contributed by atoms with Crippen LogP contribution in [0.1, 0.15) is 53.8 Å². The fraction of sp³-hybridized carbons (Fsp3) is 0.389. The Labute approximate surface area is 155 Å². The van der Waals surface area contributed by atoms with Gasteiger partial charge in [0.2, 0.25) is 0 Å². The van der Waals surface area contributed by atoms with Crippen LogP contribution in [0.2, 0.25) is 5.02 Å². The molecule has 1 unspecified atom stereocenters. The Balaban J connectivity index is 1.83. The Morgan fingerprint density at radius 2 is 2.08 bits per heavy atom. The Morgan fingerprint density at radius 3 is 2.69 bits per heavy atom.